The molecule has 86 valence electrons. The van der Waals surface area contributed by atoms with Crippen LogP contribution in [-0.2, 0) is 11.2 Å². The van der Waals surface area contributed by atoms with Crippen LogP contribution in [0.1, 0.15) is 18.9 Å². The van der Waals surface area contributed by atoms with Crippen molar-refractivity contribution in [2.24, 2.45) is 0 Å². The van der Waals surface area contributed by atoms with Crippen molar-refractivity contribution in [1.82, 2.24) is 0 Å². The number of carbonyl (C=O) groups is 1. The predicted octanol–water partition coefficient (Wildman–Crippen LogP) is 3.50. The summed E-state index contributed by atoms with van der Waals surface area (Å²) in [6.07, 6.45) is 1.39. The number of benzene rings is 1. The van der Waals surface area contributed by atoms with E-state index in [1.54, 1.807) is 6.92 Å². The summed E-state index contributed by atoms with van der Waals surface area (Å²) >= 11 is 3.23. The fourth-order valence-electron chi connectivity index (χ4n) is 1.23. The van der Waals surface area contributed by atoms with Gasteiger partial charge in [0.25, 0.3) is 0 Å². The zero-order valence-electron chi connectivity index (χ0n) is 9.33. The maximum Gasteiger partial charge on any atom is 0.130 e. The molecule has 3 heteroatoms. The molecule has 0 aliphatic heterocycles. The average Bonchev–Trinajstić information content (AvgIpc) is 2.25. The second-order valence-corrected chi connectivity index (χ2v) is 4.77. The van der Waals surface area contributed by atoms with Gasteiger partial charge in [0.1, 0.15) is 18.1 Å². The van der Waals surface area contributed by atoms with Crippen LogP contribution in [0.3, 0.4) is 0 Å². The second kappa shape index (κ2) is 6.48. The molecule has 0 aromatic heterocycles. The molecule has 0 N–H and O–H groups in total. The van der Waals surface area contributed by atoms with Gasteiger partial charge in [0.2, 0.25) is 0 Å². The van der Waals surface area contributed by atoms with Gasteiger partial charge in [-0.05, 0) is 31.0 Å². The number of hydrogen-bond donors (Lipinski definition) is 0. The lowest BCUT2D eigenvalue weighted by Crippen LogP contribution is -1.97. The summed E-state index contributed by atoms with van der Waals surface area (Å²) in [5, 5.41) is 0. The Kier molecular flexibility index (Phi) is 5.26. The first-order chi connectivity index (χ1) is 7.58. The van der Waals surface area contributed by atoms with Gasteiger partial charge in [0.05, 0.1) is 0 Å². The highest BCUT2D eigenvalue weighted by molar-refractivity contribution is 9.11. The largest absolute Gasteiger partial charge is 0.488 e. The molecular formula is C13H15BrO2. The monoisotopic (exact) mass is 282 g/mol. The quantitative estimate of drug-likeness (QED) is 0.798. The van der Waals surface area contributed by atoms with Crippen LogP contribution < -0.4 is 4.74 Å². The number of ketones is 1. The van der Waals surface area contributed by atoms with E-state index < -0.39 is 0 Å². The van der Waals surface area contributed by atoms with Crippen LogP contribution in [0, 0.1) is 0 Å². The Labute approximate surface area is 104 Å². The van der Waals surface area contributed by atoms with E-state index in [9.17, 15) is 4.79 Å². The first-order valence-corrected chi connectivity index (χ1v) is 5.91. The molecule has 0 amide bonds. The second-order valence-electron chi connectivity index (χ2n) is 3.65. The van der Waals surface area contributed by atoms with Gasteiger partial charge in [-0.1, -0.05) is 34.6 Å². The minimum absolute atomic E-state index is 0.218. The molecule has 0 saturated carbocycles. The number of carbonyl (C=O) groups excluding carboxylic acids is 1. The van der Waals surface area contributed by atoms with E-state index in [1.165, 1.54) is 0 Å². The molecule has 1 aromatic carbocycles. The lowest BCUT2D eigenvalue weighted by Gasteiger charge is -2.05. The Hall–Kier alpha value is -1.09. The van der Waals surface area contributed by atoms with Gasteiger partial charge >= 0.3 is 0 Å². The van der Waals surface area contributed by atoms with Crippen LogP contribution in [0.25, 0.3) is 0 Å². The molecule has 0 bridgehead atoms. The van der Waals surface area contributed by atoms with Gasteiger partial charge in [-0.25, -0.2) is 0 Å². The van der Waals surface area contributed by atoms with Crippen molar-refractivity contribution in [3.8, 4) is 5.75 Å². The van der Waals surface area contributed by atoms with E-state index in [1.807, 2.05) is 24.3 Å². The third-order valence-corrected chi connectivity index (χ3v) is 2.31. The Morgan fingerprint density at radius 3 is 2.50 bits per heavy atom. The van der Waals surface area contributed by atoms with Crippen LogP contribution in [0.2, 0.25) is 0 Å². The molecule has 0 fully saturated rings. The van der Waals surface area contributed by atoms with E-state index >= 15 is 0 Å². The van der Waals surface area contributed by atoms with Gasteiger partial charge in [0.15, 0.2) is 0 Å². The smallest absolute Gasteiger partial charge is 0.130 e. The number of rotatable bonds is 6. The fourth-order valence-corrected chi connectivity index (χ4v) is 1.35. The van der Waals surface area contributed by atoms with Gasteiger partial charge in [0, 0.05) is 10.9 Å². The van der Waals surface area contributed by atoms with Gasteiger partial charge in [-0.2, -0.15) is 0 Å². The van der Waals surface area contributed by atoms with Crippen molar-refractivity contribution in [2.75, 3.05) is 6.61 Å². The average molecular weight is 283 g/mol. The van der Waals surface area contributed by atoms with Gasteiger partial charge < -0.3 is 9.53 Å². The van der Waals surface area contributed by atoms with E-state index in [-0.39, 0.29) is 5.78 Å². The normalized spacial score (nSPS) is 9.88. The zero-order chi connectivity index (χ0) is 12.0. The molecule has 0 spiro atoms. The molecule has 0 saturated heterocycles. The van der Waals surface area contributed by atoms with Gasteiger partial charge in [-0.3, -0.25) is 0 Å². The number of ether oxygens (including phenoxy) is 1. The highest BCUT2D eigenvalue weighted by Gasteiger charge is 1.98. The first kappa shape index (κ1) is 13.0. The van der Waals surface area contributed by atoms with Gasteiger partial charge in [-0.15, -0.1) is 0 Å². The van der Waals surface area contributed by atoms with Crippen molar-refractivity contribution in [3.63, 3.8) is 0 Å². The summed E-state index contributed by atoms with van der Waals surface area (Å²) in [6.45, 7) is 5.77. The van der Waals surface area contributed by atoms with Crippen molar-refractivity contribution in [2.45, 2.75) is 19.8 Å². The van der Waals surface area contributed by atoms with E-state index in [0.717, 1.165) is 22.2 Å². The summed E-state index contributed by atoms with van der Waals surface area (Å²) < 4.78 is 6.25. The SMILES string of the molecule is C=C(Br)COc1ccc(CCC(C)=O)cc1. The molecule has 0 heterocycles. The summed E-state index contributed by atoms with van der Waals surface area (Å²) in [5.74, 6) is 1.03. The summed E-state index contributed by atoms with van der Waals surface area (Å²) in [7, 11) is 0. The van der Waals surface area contributed by atoms with Crippen LogP contribution in [0.5, 0.6) is 5.75 Å². The van der Waals surface area contributed by atoms with Crippen molar-refractivity contribution in [1.29, 1.82) is 0 Å². The maximum atomic E-state index is 10.8. The Bertz CT molecular complexity index is 331. The summed E-state index contributed by atoms with van der Waals surface area (Å²) in [6, 6.07) is 7.78. The van der Waals surface area contributed by atoms with Crippen LogP contribution in [0.4, 0.5) is 0 Å². The van der Waals surface area contributed by atoms with E-state index in [0.29, 0.717) is 13.0 Å². The highest BCUT2D eigenvalue weighted by atomic mass is 79.9. The third kappa shape index (κ3) is 5.12. The Morgan fingerprint density at radius 2 is 2.00 bits per heavy atom. The molecule has 0 radical (unpaired) electrons. The number of Topliss-reactive ketones (excluding diaryl/α,β-unsaturated/α-hetero) is 1. The van der Waals surface area contributed by atoms with Crippen molar-refractivity contribution in [3.05, 3.63) is 40.9 Å². The van der Waals surface area contributed by atoms with E-state index in [2.05, 4.69) is 22.5 Å². The van der Waals surface area contributed by atoms with Crippen molar-refractivity contribution < 1.29 is 9.53 Å². The molecule has 0 unspecified atom stereocenters. The fraction of sp³-hybridized carbons (Fsp3) is 0.308. The minimum atomic E-state index is 0.218. The highest BCUT2D eigenvalue weighted by Crippen LogP contribution is 2.15. The lowest BCUT2D eigenvalue weighted by molar-refractivity contribution is -0.116. The Morgan fingerprint density at radius 1 is 1.38 bits per heavy atom. The van der Waals surface area contributed by atoms with Crippen LogP contribution in [0.15, 0.2) is 35.3 Å². The van der Waals surface area contributed by atoms with E-state index in [4.69, 9.17) is 4.74 Å². The number of hydrogen-bond acceptors (Lipinski definition) is 2. The lowest BCUT2D eigenvalue weighted by atomic mass is 10.1. The molecule has 16 heavy (non-hydrogen) atoms. The Balaban J connectivity index is 2.47. The summed E-state index contributed by atoms with van der Waals surface area (Å²) in [5.41, 5.74) is 1.15. The topological polar surface area (TPSA) is 26.3 Å². The van der Waals surface area contributed by atoms with Crippen molar-refractivity contribution >= 4 is 21.7 Å². The molecule has 1 aromatic rings. The summed E-state index contributed by atoms with van der Waals surface area (Å²) in [4.78, 5) is 10.8. The molecule has 0 aliphatic carbocycles. The molecule has 0 atom stereocenters. The molecule has 1 rings (SSSR count). The van der Waals surface area contributed by atoms with Crippen LogP contribution >= 0.6 is 15.9 Å². The zero-order valence-corrected chi connectivity index (χ0v) is 10.9. The maximum absolute atomic E-state index is 10.8. The number of aryl methyl sites for hydroxylation is 1. The molecular weight excluding hydrogens is 268 g/mol. The predicted molar refractivity (Wildman–Crippen MR) is 69.0 cm³/mol. The molecule has 0 aliphatic rings. The standard InChI is InChI=1S/C13H15BrO2/c1-10(14)9-16-13-7-5-12(6-8-13)4-3-11(2)15/h5-8H,1,3-4,9H2,2H3. The minimum Gasteiger partial charge on any atom is -0.488 e. The number of halogens is 1. The molecule has 2 nitrogen and oxygen atoms in total. The van der Waals surface area contributed by atoms with Crippen LogP contribution in [-0.4, -0.2) is 12.4 Å². The first-order valence-electron chi connectivity index (χ1n) is 5.12. The third-order valence-electron chi connectivity index (χ3n) is 2.08.